The minimum Gasteiger partial charge on any atom is -0.496 e. The molecule has 1 aromatic carbocycles. The van der Waals surface area contributed by atoms with Crippen molar-refractivity contribution in [3.8, 4) is 17.1 Å². The van der Waals surface area contributed by atoms with Crippen LogP contribution in [0.15, 0.2) is 22.7 Å². The van der Waals surface area contributed by atoms with Gasteiger partial charge in [0.25, 0.3) is 0 Å². The molecule has 2 aromatic rings. The lowest BCUT2D eigenvalue weighted by Crippen LogP contribution is -2.15. The SMILES string of the molecule is COc1ccc(-c2noc(C3CC(O)CN3)n2)cc1C. The van der Waals surface area contributed by atoms with E-state index in [1.807, 2.05) is 25.1 Å². The Kier molecular flexibility index (Phi) is 3.42. The summed E-state index contributed by atoms with van der Waals surface area (Å²) in [5.74, 6) is 1.90. The molecule has 2 unspecified atom stereocenters. The van der Waals surface area contributed by atoms with Gasteiger partial charge in [0.2, 0.25) is 11.7 Å². The number of β-amino-alcohol motifs (C(OH)–C–C–N with tert-alkyl or cyclic N) is 1. The van der Waals surface area contributed by atoms with Gasteiger partial charge in [-0.05, 0) is 37.1 Å². The Bertz CT molecular complexity index is 611. The van der Waals surface area contributed by atoms with E-state index >= 15 is 0 Å². The number of aliphatic hydroxyl groups is 1. The van der Waals surface area contributed by atoms with Crippen LogP contribution in [0.3, 0.4) is 0 Å². The third-order valence-electron chi connectivity index (χ3n) is 3.50. The van der Waals surface area contributed by atoms with Crippen molar-refractivity contribution in [1.29, 1.82) is 0 Å². The Hall–Kier alpha value is -1.92. The summed E-state index contributed by atoms with van der Waals surface area (Å²) in [6.45, 7) is 2.53. The summed E-state index contributed by atoms with van der Waals surface area (Å²) in [5.41, 5.74) is 1.91. The van der Waals surface area contributed by atoms with Crippen LogP contribution in [0, 0.1) is 6.92 Å². The summed E-state index contributed by atoms with van der Waals surface area (Å²) < 4.78 is 10.5. The summed E-state index contributed by atoms with van der Waals surface area (Å²) in [6, 6.07) is 5.69. The number of aliphatic hydroxyl groups excluding tert-OH is 1. The van der Waals surface area contributed by atoms with Gasteiger partial charge in [-0.15, -0.1) is 0 Å². The maximum absolute atomic E-state index is 9.51. The van der Waals surface area contributed by atoms with Crippen LogP contribution < -0.4 is 10.1 Å². The highest BCUT2D eigenvalue weighted by atomic mass is 16.5. The van der Waals surface area contributed by atoms with Gasteiger partial charge in [0.05, 0.1) is 19.3 Å². The van der Waals surface area contributed by atoms with Gasteiger partial charge in [-0.3, -0.25) is 0 Å². The second kappa shape index (κ2) is 5.22. The third-order valence-corrected chi connectivity index (χ3v) is 3.50. The van der Waals surface area contributed by atoms with E-state index in [9.17, 15) is 5.11 Å². The van der Waals surface area contributed by atoms with Gasteiger partial charge in [-0.1, -0.05) is 5.16 Å². The molecule has 6 heteroatoms. The van der Waals surface area contributed by atoms with Crippen LogP contribution in [0.2, 0.25) is 0 Å². The molecule has 0 amide bonds. The molecule has 1 aliphatic heterocycles. The molecule has 3 rings (SSSR count). The first-order chi connectivity index (χ1) is 9.67. The average Bonchev–Trinajstić information content (AvgIpc) is 3.07. The molecule has 0 bridgehead atoms. The monoisotopic (exact) mass is 275 g/mol. The number of hydrogen-bond acceptors (Lipinski definition) is 6. The molecular weight excluding hydrogens is 258 g/mol. The molecule has 2 atom stereocenters. The Balaban J connectivity index is 1.84. The molecule has 1 aromatic heterocycles. The standard InChI is InChI=1S/C14H17N3O3/c1-8-5-9(3-4-12(8)19-2)13-16-14(20-17-13)11-6-10(18)7-15-11/h3-5,10-11,15,18H,6-7H2,1-2H3. The van der Waals surface area contributed by atoms with Gasteiger partial charge in [0.15, 0.2) is 0 Å². The molecule has 2 heterocycles. The molecule has 2 N–H and O–H groups in total. The van der Waals surface area contributed by atoms with Crippen molar-refractivity contribution in [3.63, 3.8) is 0 Å². The van der Waals surface area contributed by atoms with Crippen LogP contribution in [0.1, 0.15) is 23.9 Å². The Morgan fingerprint density at radius 1 is 1.45 bits per heavy atom. The first kappa shape index (κ1) is 13.1. The maximum atomic E-state index is 9.51. The van der Waals surface area contributed by atoms with Gasteiger partial charge in [0.1, 0.15) is 5.75 Å². The molecule has 0 spiro atoms. The fraction of sp³-hybridized carbons (Fsp3) is 0.429. The van der Waals surface area contributed by atoms with Crippen molar-refractivity contribution in [2.45, 2.75) is 25.5 Å². The van der Waals surface area contributed by atoms with E-state index in [4.69, 9.17) is 9.26 Å². The van der Waals surface area contributed by atoms with E-state index in [0.29, 0.717) is 24.7 Å². The quantitative estimate of drug-likeness (QED) is 0.882. The lowest BCUT2D eigenvalue weighted by molar-refractivity contribution is 0.191. The molecule has 1 fully saturated rings. The van der Waals surface area contributed by atoms with Crippen molar-refractivity contribution in [1.82, 2.24) is 15.5 Å². The Morgan fingerprint density at radius 3 is 2.95 bits per heavy atom. The van der Waals surface area contributed by atoms with Crippen molar-refractivity contribution in [2.75, 3.05) is 13.7 Å². The number of benzene rings is 1. The fourth-order valence-electron chi connectivity index (χ4n) is 2.42. The second-order valence-corrected chi connectivity index (χ2v) is 4.99. The molecule has 1 aliphatic rings. The molecule has 20 heavy (non-hydrogen) atoms. The van der Waals surface area contributed by atoms with Gasteiger partial charge >= 0.3 is 0 Å². The van der Waals surface area contributed by atoms with Crippen molar-refractivity contribution >= 4 is 0 Å². The average molecular weight is 275 g/mol. The number of aryl methyl sites for hydroxylation is 1. The maximum Gasteiger partial charge on any atom is 0.244 e. The van der Waals surface area contributed by atoms with Gasteiger partial charge in [0, 0.05) is 12.1 Å². The molecule has 0 saturated carbocycles. The Labute approximate surface area is 116 Å². The molecular formula is C14H17N3O3. The van der Waals surface area contributed by atoms with Gasteiger partial charge in [-0.2, -0.15) is 4.98 Å². The zero-order valence-corrected chi connectivity index (χ0v) is 11.5. The van der Waals surface area contributed by atoms with Crippen LogP contribution in [0.4, 0.5) is 0 Å². The minimum atomic E-state index is -0.349. The largest absolute Gasteiger partial charge is 0.496 e. The number of ether oxygens (including phenoxy) is 1. The molecule has 0 aliphatic carbocycles. The van der Waals surface area contributed by atoms with E-state index < -0.39 is 0 Å². The first-order valence-corrected chi connectivity index (χ1v) is 6.57. The van der Waals surface area contributed by atoms with Crippen molar-refractivity contribution < 1.29 is 14.4 Å². The zero-order valence-electron chi connectivity index (χ0n) is 11.5. The summed E-state index contributed by atoms with van der Waals surface area (Å²) in [7, 11) is 1.64. The van der Waals surface area contributed by atoms with E-state index in [-0.39, 0.29) is 12.1 Å². The minimum absolute atomic E-state index is 0.0643. The topological polar surface area (TPSA) is 80.4 Å². The number of nitrogens with zero attached hydrogens (tertiary/aromatic N) is 2. The van der Waals surface area contributed by atoms with E-state index in [1.54, 1.807) is 7.11 Å². The van der Waals surface area contributed by atoms with Crippen LogP contribution in [-0.4, -0.2) is 35.0 Å². The molecule has 0 radical (unpaired) electrons. The van der Waals surface area contributed by atoms with Gasteiger partial charge < -0.3 is 19.7 Å². The predicted octanol–water partition coefficient (Wildman–Crippen LogP) is 1.45. The summed E-state index contributed by atoms with van der Waals surface area (Å²) >= 11 is 0. The molecule has 1 saturated heterocycles. The zero-order chi connectivity index (χ0) is 14.1. The van der Waals surface area contributed by atoms with Crippen LogP contribution in [0.5, 0.6) is 5.75 Å². The van der Waals surface area contributed by atoms with Crippen LogP contribution >= 0.6 is 0 Å². The summed E-state index contributed by atoms with van der Waals surface area (Å²) in [6.07, 6.45) is 0.252. The fourth-order valence-corrected chi connectivity index (χ4v) is 2.42. The summed E-state index contributed by atoms with van der Waals surface area (Å²) in [5, 5.41) is 16.7. The number of aromatic nitrogens is 2. The van der Waals surface area contributed by atoms with Crippen LogP contribution in [-0.2, 0) is 0 Å². The van der Waals surface area contributed by atoms with Gasteiger partial charge in [-0.25, -0.2) is 0 Å². The highest BCUT2D eigenvalue weighted by Crippen LogP contribution is 2.27. The molecule has 106 valence electrons. The smallest absolute Gasteiger partial charge is 0.244 e. The number of rotatable bonds is 3. The second-order valence-electron chi connectivity index (χ2n) is 4.99. The van der Waals surface area contributed by atoms with Crippen molar-refractivity contribution in [2.24, 2.45) is 0 Å². The summed E-state index contributed by atoms with van der Waals surface area (Å²) in [4.78, 5) is 4.40. The highest BCUT2D eigenvalue weighted by molar-refractivity contribution is 5.58. The van der Waals surface area contributed by atoms with Crippen molar-refractivity contribution in [3.05, 3.63) is 29.7 Å². The lowest BCUT2D eigenvalue weighted by atomic mass is 10.1. The first-order valence-electron chi connectivity index (χ1n) is 6.57. The molecule has 6 nitrogen and oxygen atoms in total. The predicted molar refractivity (Wildman–Crippen MR) is 72.4 cm³/mol. The van der Waals surface area contributed by atoms with E-state index in [0.717, 1.165) is 16.9 Å². The third kappa shape index (κ3) is 2.39. The Morgan fingerprint density at radius 2 is 2.30 bits per heavy atom. The number of methoxy groups -OCH3 is 1. The van der Waals surface area contributed by atoms with Crippen LogP contribution in [0.25, 0.3) is 11.4 Å². The lowest BCUT2D eigenvalue weighted by Gasteiger charge is -2.04. The number of hydrogen-bond donors (Lipinski definition) is 2. The van der Waals surface area contributed by atoms with E-state index in [1.165, 1.54) is 0 Å². The number of nitrogens with one attached hydrogen (secondary N) is 1. The highest BCUT2D eigenvalue weighted by Gasteiger charge is 2.28. The van der Waals surface area contributed by atoms with E-state index in [2.05, 4.69) is 15.5 Å². The normalized spacial score (nSPS) is 22.1.